The Hall–Kier alpha value is -2.37. The standard InChI is InChI=1S/C34H46N2O3/c1-4-35(20-11-6-5-8-12-25-13-9-7-10-14-25)28-17-16-27-29-22-26-15-18-30(38-3)32-31(26)34(27,33(28)39-32)19-21-36(29)23-24(2)37/h7,9-10,13-15,18,27-29,33H,4-6,8,11-12,16-17,19-23H2,1-3H3/t27-,28-,29+,33-,34-/m0/s1. The Morgan fingerprint density at radius 1 is 1.10 bits per heavy atom. The molecule has 0 unspecified atom stereocenters. The predicted octanol–water partition coefficient (Wildman–Crippen LogP) is 5.82. The molecule has 5 heteroatoms. The van der Waals surface area contributed by atoms with Crippen molar-refractivity contribution < 1.29 is 14.3 Å². The molecule has 5 atom stereocenters. The zero-order valence-corrected chi connectivity index (χ0v) is 24.2. The Labute approximate surface area is 234 Å². The molecule has 0 amide bonds. The first-order valence-corrected chi connectivity index (χ1v) is 15.4. The van der Waals surface area contributed by atoms with Crippen molar-refractivity contribution in [3.63, 3.8) is 0 Å². The summed E-state index contributed by atoms with van der Waals surface area (Å²) in [5.41, 5.74) is 4.38. The van der Waals surface area contributed by atoms with Gasteiger partial charge in [0.15, 0.2) is 11.5 Å². The fourth-order valence-electron chi connectivity index (χ4n) is 8.81. The Balaban J connectivity index is 1.19. The van der Waals surface area contributed by atoms with Gasteiger partial charge in [0.05, 0.1) is 13.7 Å². The summed E-state index contributed by atoms with van der Waals surface area (Å²) in [6.45, 7) is 7.84. The van der Waals surface area contributed by atoms with Crippen molar-refractivity contribution in [2.75, 3.05) is 33.3 Å². The van der Waals surface area contributed by atoms with E-state index in [1.54, 1.807) is 14.0 Å². The highest BCUT2D eigenvalue weighted by Gasteiger charge is 2.66. The van der Waals surface area contributed by atoms with Crippen molar-refractivity contribution in [3.05, 3.63) is 59.2 Å². The number of likely N-dealkylation sites (N-methyl/N-ethyl adjacent to an activating group) is 1. The quantitative estimate of drug-likeness (QED) is 0.324. The van der Waals surface area contributed by atoms with E-state index in [-0.39, 0.29) is 17.3 Å². The number of Topliss-reactive ketones (excluding diaryl/α,β-unsaturated/α-hetero) is 1. The summed E-state index contributed by atoms with van der Waals surface area (Å²) in [7, 11) is 1.77. The lowest BCUT2D eigenvalue weighted by atomic mass is 9.51. The first-order valence-electron chi connectivity index (χ1n) is 15.4. The molecule has 4 aliphatic rings. The van der Waals surface area contributed by atoms with E-state index in [0.29, 0.717) is 24.5 Å². The third kappa shape index (κ3) is 4.70. The summed E-state index contributed by atoms with van der Waals surface area (Å²) in [6.07, 6.45) is 10.9. The number of unbranched alkanes of at least 4 members (excludes halogenated alkanes) is 3. The molecule has 6 rings (SSSR count). The molecule has 2 heterocycles. The van der Waals surface area contributed by atoms with E-state index in [2.05, 4.69) is 59.2 Å². The number of piperidine rings is 1. The molecule has 1 saturated heterocycles. The second-order valence-corrected chi connectivity index (χ2v) is 12.4. The van der Waals surface area contributed by atoms with Crippen LogP contribution >= 0.6 is 0 Å². The molecule has 2 bridgehead atoms. The van der Waals surface area contributed by atoms with Gasteiger partial charge in [0.25, 0.3) is 0 Å². The topological polar surface area (TPSA) is 42.0 Å². The van der Waals surface area contributed by atoms with Gasteiger partial charge in [-0.2, -0.15) is 0 Å². The van der Waals surface area contributed by atoms with Crippen LogP contribution in [0.15, 0.2) is 42.5 Å². The zero-order chi connectivity index (χ0) is 27.0. The van der Waals surface area contributed by atoms with E-state index in [0.717, 1.165) is 44.0 Å². The van der Waals surface area contributed by atoms with Crippen LogP contribution in [0.2, 0.25) is 0 Å². The van der Waals surface area contributed by atoms with Crippen molar-refractivity contribution in [3.8, 4) is 11.5 Å². The number of aryl methyl sites for hydroxylation is 1. The molecular formula is C34H46N2O3. The van der Waals surface area contributed by atoms with Crippen molar-refractivity contribution in [2.24, 2.45) is 5.92 Å². The Morgan fingerprint density at radius 3 is 2.69 bits per heavy atom. The minimum atomic E-state index is 0.0431. The summed E-state index contributed by atoms with van der Waals surface area (Å²) in [4.78, 5) is 17.4. The normalized spacial score (nSPS) is 28.7. The van der Waals surface area contributed by atoms with E-state index in [4.69, 9.17) is 9.47 Å². The number of methoxy groups -OCH3 is 1. The van der Waals surface area contributed by atoms with Gasteiger partial charge in [-0.15, -0.1) is 0 Å². The number of likely N-dealkylation sites (tertiary alicyclic amines) is 1. The molecule has 39 heavy (non-hydrogen) atoms. The number of ether oxygens (including phenoxy) is 2. The molecule has 0 aromatic heterocycles. The minimum Gasteiger partial charge on any atom is -0.493 e. The zero-order valence-electron chi connectivity index (χ0n) is 24.2. The Bertz CT molecular complexity index is 1170. The summed E-state index contributed by atoms with van der Waals surface area (Å²) in [5, 5.41) is 0. The molecule has 2 fully saturated rings. The fraction of sp³-hybridized carbons (Fsp3) is 0.618. The van der Waals surface area contributed by atoms with Crippen LogP contribution in [0.3, 0.4) is 0 Å². The first kappa shape index (κ1) is 26.8. The second kappa shape index (κ2) is 11.2. The largest absolute Gasteiger partial charge is 0.493 e. The molecule has 1 spiro atoms. The summed E-state index contributed by atoms with van der Waals surface area (Å²) >= 11 is 0. The van der Waals surface area contributed by atoms with Crippen LogP contribution in [0.1, 0.15) is 75.5 Å². The van der Waals surface area contributed by atoms with Crippen LogP contribution in [0.5, 0.6) is 11.5 Å². The lowest BCUT2D eigenvalue weighted by molar-refractivity contribution is -0.123. The van der Waals surface area contributed by atoms with Crippen LogP contribution in [-0.2, 0) is 23.1 Å². The van der Waals surface area contributed by atoms with Gasteiger partial charge in [0, 0.05) is 23.1 Å². The smallest absolute Gasteiger partial charge is 0.165 e. The predicted molar refractivity (Wildman–Crippen MR) is 156 cm³/mol. The summed E-state index contributed by atoms with van der Waals surface area (Å²) < 4.78 is 12.9. The SMILES string of the molecule is CCN(CCCCCCc1ccccc1)[C@H]1CC[C@H]2[C@H]3Cc4ccc(OC)c5c4[C@@]2(CCN3CC(C)=O)[C@H]1O5. The summed E-state index contributed by atoms with van der Waals surface area (Å²) in [5.74, 6) is 2.74. The molecule has 210 valence electrons. The van der Waals surface area contributed by atoms with Gasteiger partial charge < -0.3 is 9.47 Å². The number of ketones is 1. The minimum absolute atomic E-state index is 0.0431. The molecule has 2 aliphatic carbocycles. The van der Waals surface area contributed by atoms with Gasteiger partial charge in [-0.3, -0.25) is 14.6 Å². The van der Waals surface area contributed by atoms with Crippen LogP contribution < -0.4 is 9.47 Å². The monoisotopic (exact) mass is 530 g/mol. The number of hydrogen-bond acceptors (Lipinski definition) is 5. The molecule has 0 radical (unpaired) electrons. The fourth-order valence-corrected chi connectivity index (χ4v) is 8.81. The lowest BCUT2D eigenvalue weighted by Crippen LogP contribution is -2.69. The molecular weight excluding hydrogens is 484 g/mol. The number of carbonyl (C=O) groups excluding carboxylic acids is 1. The highest BCUT2D eigenvalue weighted by atomic mass is 16.5. The number of carbonyl (C=O) groups is 1. The molecule has 2 aliphatic heterocycles. The maximum atomic E-state index is 12.2. The van der Waals surface area contributed by atoms with E-state index < -0.39 is 0 Å². The molecule has 1 saturated carbocycles. The van der Waals surface area contributed by atoms with E-state index in [1.165, 1.54) is 61.6 Å². The maximum Gasteiger partial charge on any atom is 0.165 e. The number of benzene rings is 2. The molecule has 0 N–H and O–H groups in total. The van der Waals surface area contributed by atoms with Crippen LogP contribution in [0.25, 0.3) is 0 Å². The van der Waals surface area contributed by atoms with Crippen molar-refractivity contribution in [2.45, 2.75) is 95.2 Å². The van der Waals surface area contributed by atoms with Crippen molar-refractivity contribution in [1.29, 1.82) is 0 Å². The molecule has 5 nitrogen and oxygen atoms in total. The van der Waals surface area contributed by atoms with Gasteiger partial charge in [-0.1, -0.05) is 56.2 Å². The summed E-state index contributed by atoms with van der Waals surface area (Å²) in [6, 6.07) is 16.1. The number of nitrogens with zero attached hydrogens (tertiary/aromatic N) is 2. The van der Waals surface area contributed by atoms with Gasteiger partial charge in [0.2, 0.25) is 0 Å². The number of hydrogen-bond donors (Lipinski definition) is 0. The third-order valence-electron chi connectivity index (χ3n) is 10.4. The van der Waals surface area contributed by atoms with E-state index in [9.17, 15) is 4.79 Å². The van der Waals surface area contributed by atoms with Gasteiger partial charge in [-0.05, 0) is 94.6 Å². The van der Waals surface area contributed by atoms with Crippen molar-refractivity contribution >= 4 is 5.78 Å². The van der Waals surface area contributed by atoms with Gasteiger partial charge in [-0.25, -0.2) is 0 Å². The van der Waals surface area contributed by atoms with Gasteiger partial charge in [0.1, 0.15) is 11.9 Å². The van der Waals surface area contributed by atoms with E-state index >= 15 is 0 Å². The average molecular weight is 531 g/mol. The highest BCUT2D eigenvalue weighted by molar-refractivity contribution is 5.77. The first-order chi connectivity index (χ1) is 19.1. The van der Waals surface area contributed by atoms with E-state index in [1.807, 2.05) is 0 Å². The maximum absolute atomic E-state index is 12.2. The van der Waals surface area contributed by atoms with Crippen LogP contribution in [0.4, 0.5) is 0 Å². The number of rotatable bonds is 12. The lowest BCUT2D eigenvalue weighted by Gasteiger charge is -2.60. The average Bonchev–Trinajstić information content (AvgIpc) is 3.30. The van der Waals surface area contributed by atoms with Crippen LogP contribution in [0, 0.1) is 5.92 Å². The molecule has 2 aromatic carbocycles. The van der Waals surface area contributed by atoms with Crippen molar-refractivity contribution in [1.82, 2.24) is 9.80 Å². The molecule has 2 aromatic rings. The van der Waals surface area contributed by atoms with Gasteiger partial charge >= 0.3 is 0 Å². The third-order valence-corrected chi connectivity index (χ3v) is 10.4. The van der Waals surface area contributed by atoms with Crippen LogP contribution in [-0.4, -0.2) is 67.1 Å². The highest BCUT2D eigenvalue weighted by Crippen LogP contribution is 2.64. The Morgan fingerprint density at radius 2 is 1.92 bits per heavy atom. The Kier molecular flexibility index (Phi) is 7.74. The second-order valence-electron chi connectivity index (χ2n) is 12.4.